The minimum Gasteiger partial charge on any atom is -0.389 e. The number of hydrogen-bond donors (Lipinski definition) is 2. The SMILES string of the molecule is CC(NCCCN(C)C)C(O)COC1O[C@@H]2O[C@]3(C)CC[C@H]4[C@H](C)CC[C@@H]([C@H]1C)[C@@]24OO3. The first kappa shape index (κ1) is 24.8. The van der Waals surface area contributed by atoms with Gasteiger partial charge in [0.1, 0.15) is 0 Å². The maximum Gasteiger partial charge on any atom is 0.201 e. The molecule has 0 radical (unpaired) electrons. The first-order valence-electron chi connectivity index (χ1n) is 12.5. The van der Waals surface area contributed by atoms with Crippen molar-refractivity contribution < 1.29 is 29.1 Å². The Kier molecular flexibility index (Phi) is 7.55. The van der Waals surface area contributed by atoms with Gasteiger partial charge in [-0.3, -0.25) is 0 Å². The van der Waals surface area contributed by atoms with E-state index in [0.29, 0.717) is 11.8 Å². The Hall–Kier alpha value is -0.320. The van der Waals surface area contributed by atoms with Crippen molar-refractivity contribution in [2.24, 2.45) is 23.7 Å². The lowest BCUT2D eigenvalue weighted by atomic mass is 9.58. The molecule has 8 heteroatoms. The number of aliphatic hydroxyl groups is 1. The highest BCUT2D eigenvalue weighted by atomic mass is 17.3. The van der Waals surface area contributed by atoms with E-state index in [9.17, 15) is 5.11 Å². The van der Waals surface area contributed by atoms with Crippen molar-refractivity contribution in [3.63, 3.8) is 0 Å². The summed E-state index contributed by atoms with van der Waals surface area (Å²) in [6.07, 6.45) is 3.49. The molecule has 186 valence electrons. The van der Waals surface area contributed by atoms with Gasteiger partial charge in [0.2, 0.25) is 5.79 Å². The van der Waals surface area contributed by atoms with E-state index in [0.717, 1.165) is 45.2 Å². The fraction of sp³-hybridized carbons (Fsp3) is 1.00. The van der Waals surface area contributed by atoms with Crippen LogP contribution in [0.1, 0.15) is 59.8 Å². The van der Waals surface area contributed by atoms with Gasteiger partial charge in [-0.15, -0.1) is 0 Å². The molecular formula is C24H44N2O6. The zero-order valence-electron chi connectivity index (χ0n) is 20.7. The van der Waals surface area contributed by atoms with E-state index in [4.69, 9.17) is 24.0 Å². The van der Waals surface area contributed by atoms with Gasteiger partial charge in [-0.25, -0.2) is 9.78 Å². The zero-order chi connectivity index (χ0) is 23.1. The van der Waals surface area contributed by atoms with E-state index in [-0.39, 0.29) is 24.5 Å². The van der Waals surface area contributed by atoms with Gasteiger partial charge in [0, 0.05) is 24.3 Å². The minimum atomic E-state index is -0.785. The second-order valence-corrected chi connectivity index (χ2v) is 11.1. The van der Waals surface area contributed by atoms with Crippen LogP contribution in [0.25, 0.3) is 0 Å². The van der Waals surface area contributed by atoms with Gasteiger partial charge in [0.15, 0.2) is 18.2 Å². The molecule has 0 aromatic heterocycles. The number of aliphatic hydroxyl groups excluding tert-OH is 1. The van der Waals surface area contributed by atoms with Crippen LogP contribution in [-0.4, -0.2) is 79.9 Å². The molecule has 10 atom stereocenters. The summed E-state index contributed by atoms with van der Waals surface area (Å²) in [5, 5.41) is 14.0. The van der Waals surface area contributed by atoms with Crippen molar-refractivity contribution in [2.45, 2.75) is 95.9 Å². The van der Waals surface area contributed by atoms with Crippen LogP contribution in [0.2, 0.25) is 0 Å². The smallest absolute Gasteiger partial charge is 0.201 e. The van der Waals surface area contributed by atoms with Crippen molar-refractivity contribution in [3.05, 3.63) is 0 Å². The molecule has 8 nitrogen and oxygen atoms in total. The molecule has 1 spiro atoms. The third kappa shape index (κ3) is 4.62. The van der Waals surface area contributed by atoms with E-state index in [2.05, 4.69) is 38.2 Å². The highest BCUT2D eigenvalue weighted by Crippen LogP contribution is 2.60. The van der Waals surface area contributed by atoms with Gasteiger partial charge in [-0.1, -0.05) is 13.8 Å². The van der Waals surface area contributed by atoms with Crippen LogP contribution in [0.4, 0.5) is 0 Å². The lowest BCUT2D eigenvalue weighted by Crippen LogP contribution is -2.70. The number of ether oxygens (including phenoxy) is 3. The van der Waals surface area contributed by atoms with Gasteiger partial charge >= 0.3 is 0 Å². The number of fused-ring (bicyclic) bond motifs is 2. The Balaban J connectivity index is 1.38. The normalized spacial score (nSPS) is 45.4. The number of nitrogens with zero attached hydrogens (tertiary/aromatic N) is 1. The summed E-state index contributed by atoms with van der Waals surface area (Å²) in [5.74, 6) is 0.444. The third-order valence-corrected chi connectivity index (χ3v) is 8.35. The van der Waals surface area contributed by atoms with Crippen molar-refractivity contribution in [1.82, 2.24) is 10.2 Å². The van der Waals surface area contributed by atoms with Crippen LogP contribution < -0.4 is 5.32 Å². The first-order chi connectivity index (χ1) is 15.2. The predicted octanol–water partition coefficient (Wildman–Crippen LogP) is 2.50. The van der Waals surface area contributed by atoms with Gasteiger partial charge in [-0.05, 0) is 78.6 Å². The summed E-state index contributed by atoms with van der Waals surface area (Å²) in [5.41, 5.74) is -0.577. The number of hydrogen-bond acceptors (Lipinski definition) is 8. The van der Waals surface area contributed by atoms with Gasteiger partial charge in [0.05, 0.1) is 12.7 Å². The first-order valence-corrected chi connectivity index (χ1v) is 12.5. The monoisotopic (exact) mass is 456 g/mol. The summed E-state index contributed by atoms with van der Waals surface area (Å²) in [7, 11) is 4.14. The maximum absolute atomic E-state index is 10.6. The Labute approximate surface area is 193 Å². The number of nitrogens with one attached hydrogen (secondary N) is 1. The quantitative estimate of drug-likeness (QED) is 0.405. The van der Waals surface area contributed by atoms with Crippen LogP contribution in [-0.2, 0) is 24.0 Å². The highest BCUT2D eigenvalue weighted by Gasteiger charge is 2.69. The van der Waals surface area contributed by atoms with Crippen molar-refractivity contribution in [3.8, 4) is 0 Å². The van der Waals surface area contributed by atoms with Crippen molar-refractivity contribution in [1.29, 1.82) is 0 Å². The van der Waals surface area contributed by atoms with Crippen LogP contribution in [0.3, 0.4) is 0 Å². The molecule has 5 rings (SSSR count). The molecule has 5 aliphatic rings. The molecule has 2 N–H and O–H groups in total. The van der Waals surface area contributed by atoms with Crippen LogP contribution >= 0.6 is 0 Å². The lowest BCUT2D eigenvalue weighted by Gasteiger charge is -2.60. The Morgan fingerprint density at radius 1 is 1.16 bits per heavy atom. The predicted molar refractivity (Wildman–Crippen MR) is 119 cm³/mol. The van der Waals surface area contributed by atoms with Crippen molar-refractivity contribution >= 4 is 0 Å². The second kappa shape index (κ2) is 9.74. The minimum absolute atomic E-state index is 0.0527. The fourth-order valence-corrected chi connectivity index (χ4v) is 6.26. The third-order valence-electron chi connectivity index (χ3n) is 8.35. The van der Waals surface area contributed by atoms with E-state index in [1.807, 2.05) is 13.8 Å². The average molecular weight is 457 g/mol. The molecular weight excluding hydrogens is 412 g/mol. The molecule has 5 fully saturated rings. The Bertz CT molecular complexity index is 638. The molecule has 0 aromatic rings. The summed E-state index contributed by atoms with van der Waals surface area (Å²) in [6, 6.07) is -0.0527. The molecule has 1 aliphatic carbocycles. The van der Waals surface area contributed by atoms with Crippen LogP contribution in [0.15, 0.2) is 0 Å². The van der Waals surface area contributed by atoms with Crippen molar-refractivity contribution in [2.75, 3.05) is 33.8 Å². The van der Waals surface area contributed by atoms with E-state index >= 15 is 0 Å². The average Bonchev–Trinajstić information content (AvgIpc) is 2.98. The maximum atomic E-state index is 10.6. The largest absolute Gasteiger partial charge is 0.389 e. The summed E-state index contributed by atoms with van der Waals surface area (Å²) in [6.45, 7) is 10.5. The van der Waals surface area contributed by atoms with Gasteiger partial charge < -0.3 is 29.5 Å². The molecule has 2 bridgehead atoms. The summed E-state index contributed by atoms with van der Waals surface area (Å²) in [4.78, 5) is 14.2. The Morgan fingerprint density at radius 3 is 2.69 bits per heavy atom. The fourth-order valence-electron chi connectivity index (χ4n) is 6.26. The highest BCUT2D eigenvalue weighted by molar-refractivity contribution is 5.09. The standard InChI is InChI=1S/C24H44N2O6/c1-15-8-9-19-16(2)21(28-14-20(27)17(3)25-12-7-13-26(5)6)29-22-24(19)18(15)10-11-23(4,30-22)31-32-24/h15-22,25,27H,7-14H2,1-6H3/t15-,16-,17?,18+,19+,20?,21?,22-,23+,24-/m1/s1. The van der Waals surface area contributed by atoms with E-state index < -0.39 is 30.1 Å². The summed E-state index contributed by atoms with van der Waals surface area (Å²) < 4.78 is 19.0. The van der Waals surface area contributed by atoms with Crippen LogP contribution in [0, 0.1) is 23.7 Å². The van der Waals surface area contributed by atoms with Gasteiger partial charge in [0.25, 0.3) is 0 Å². The lowest BCUT2D eigenvalue weighted by molar-refractivity contribution is -0.577. The molecule has 3 unspecified atom stereocenters. The van der Waals surface area contributed by atoms with Crippen LogP contribution in [0.5, 0.6) is 0 Å². The van der Waals surface area contributed by atoms with E-state index in [1.54, 1.807) is 0 Å². The molecule has 1 saturated carbocycles. The Morgan fingerprint density at radius 2 is 1.94 bits per heavy atom. The topological polar surface area (TPSA) is 81.7 Å². The molecule has 4 heterocycles. The number of rotatable bonds is 9. The zero-order valence-corrected chi connectivity index (χ0v) is 20.7. The van der Waals surface area contributed by atoms with Gasteiger partial charge in [-0.2, -0.15) is 0 Å². The molecule has 0 amide bonds. The second-order valence-electron chi connectivity index (χ2n) is 11.1. The van der Waals surface area contributed by atoms with E-state index in [1.165, 1.54) is 0 Å². The summed E-state index contributed by atoms with van der Waals surface area (Å²) >= 11 is 0. The molecule has 0 aromatic carbocycles. The molecule has 32 heavy (non-hydrogen) atoms. The molecule has 4 saturated heterocycles. The molecule has 4 aliphatic heterocycles.